The number of aromatic nitrogens is 5. The Morgan fingerprint density at radius 3 is 2.02 bits per heavy atom. The first kappa shape index (κ1) is 45.5. The van der Waals surface area contributed by atoms with E-state index < -0.39 is 8.07 Å². The molecular formula is C57H55IrN5OSi-2. The maximum absolute atomic E-state index is 6.52. The molecule has 8 heteroatoms. The van der Waals surface area contributed by atoms with E-state index in [0.29, 0.717) is 11.6 Å². The molecule has 0 aliphatic carbocycles. The smallest absolute Gasteiger partial charge is 0.191 e. The Morgan fingerprint density at radius 1 is 0.662 bits per heavy atom. The van der Waals surface area contributed by atoms with Gasteiger partial charge < -0.3 is 14.0 Å². The van der Waals surface area contributed by atoms with E-state index >= 15 is 0 Å². The number of nitrogens with zero attached hydrogens (tertiary/aromatic N) is 5. The maximum Gasteiger partial charge on any atom is 0.191 e. The average Bonchev–Trinajstić information content (AvgIpc) is 3.88. The van der Waals surface area contributed by atoms with Crippen LogP contribution in [0.3, 0.4) is 0 Å². The Balaban J connectivity index is 0.000000232. The SMILES string of the molecule is CC(C)Cc1cc(-c2[c-]cccc2)ncc1[Si](C)(C)C.CC(C)c1cc(-c2ccccc2)cc(C(C)C)c1-n1c(-c2[c-]ccc3c2oc2ccccc23)nc2nnc3ccccc3c21.[Ir]. The molecule has 329 valence electrons. The molecule has 0 aliphatic rings. The van der Waals surface area contributed by atoms with Crippen LogP contribution in [0.15, 0.2) is 144 Å². The normalized spacial score (nSPS) is 11.8. The third kappa shape index (κ3) is 9.00. The van der Waals surface area contributed by atoms with Gasteiger partial charge in [-0.05, 0) is 81.6 Å². The molecule has 1 radical (unpaired) electrons. The van der Waals surface area contributed by atoms with Gasteiger partial charge in [-0.1, -0.05) is 150 Å². The number of rotatable bonds is 9. The van der Waals surface area contributed by atoms with E-state index in [1.807, 2.05) is 54.6 Å². The monoisotopic (exact) mass is 1050 g/mol. The molecule has 0 saturated carbocycles. The summed E-state index contributed by atoms with van der Waals surface area (Å²) in [5, 5.41) is 13.8. The van der Waals surface area contributed by atoms with Crippen molar-refractivity contribution in [2.45, 2.75) is 79.4 Å². The fourth-order valence-corrected chi connectivity index (χ4v) is 10.5. The van der Waals surface area contributed by atoms with Gasteiger partial charge in [0.05, 0.1) is 30.5 Å². The van der Waals surface area contributed by atoms with Gasteiger partial charge in [-0.2, -0.15) is 0 Å². The van der Waals surface area contributed by atoms with Gasteiger partial charge in [0.1, 0.15) is 5.58 Å². The van der Waals surface area contributed by atoms with Crippen molar-refractivity contribution in [1.29, 1.82) is 0 Å². The number of fused-ring (bicyclic) bond motifs is 6. The summed E-state index contributed by atoms with van der Waals surface area (Å²) < 4.78 is 8.83. The third-order valence-corrected chi connectivity index (χ3v) is 14.1. The van der Waals surface area contributed by atoms with Crippen LogP contribution in [0.5, 0.6) is 0 Å². The molecule has 65 heavy (non-hydrogen) atoms. The van der Waals surface area contributed by atoms with Crippen LogP contribution in [-0.2, 0) is 26.5 Å². The topological polar surface area (TPSA) is 69.6 Å². The van der Waals surface area contributed by atoms with Gasteiger partial charge in [-0.3, -0.25) is 4.98 Å². The van der Waals surface area contributed by atoms with E-state index in [4.69, 9.17) is 9.40 Å². The Hall–Kier alpha value is -6.05. The fraction of sp³-hybridized carbons (Fsp3) is 0.228. The number of pyridine rings is 1. The molecule has 6 nitrogen and oxygen atoms in total. The Kier molecular flexibility index (Phi) is 13.2. The standard InChI is InChI=1S/C39H31N4O.C18H24NSi.Ir/c1-23(2)31-21-26(25-13-6-5-7-14-25)22-32(24(3)4)35(31)43-36-29-16-8-10-19-33(29)41-42-38(36)40-39(43)30-18-12-17-28-27-15-9-11-20-34(27)44-37(28)30;1-14(2)11-16-12-17(15-9-7-6-8-10-15)19-13-18(16)20(3,4)5;/h5-17,19-24H,1-4H3;6-9,12-14H,11H2,1-5H3;/q2*-1;. The molecule has 0 N–H and O–H groups in total. The molecule has 10 aromatic rings. The van der Waals surface area contributed by atoms with Crippen LogP contribution in [0.4, 0.5) is 0 Å². The van der Waals surface area contributed by atoms with Crippen molar-refractivity contribution < 1.29 is 24.5 Å². The summed E-state index contributed by atoms with van der Waals surface area (Å²) in [7, 11) is -1.34. The first-order chi connectivity index (χ1) is 30.9. The van der Waals surface area contributed by atoms with Crippen molar-refractivity contribution in [2.24, 2.45) is 5.92 Å². The third-order valence-electron chi connectivity index (χ3n) is 12.0. The predicted molar refractivity (Wildman–Crippen MR) is 269 cm³/mol. The predicted octanol–water partition coefficient (Wildman–Crippen LogP) is 14.5. The maximum atomic E-state index is 6.52. The second-order valence-electron chi connectivity index (χ2n) is 18.9. The molecule has 4 aromatic heterocycles. The van der Waals surface area contributed by atoms with Crippen LogP contribution >= 0.6 is 0 Å². The van der Waals surface area contributed by atoms with E-state index in [2.05, 4.69) is 178 Å². The zero-order valence-electron chi connectivity index (χ0n) is 38.7. The average molecular weight is 1050 g/mol. The minimum atomic E-state index is -1.34. The zero-order valence-corrected chi connectivity index (χ0v) is 42.1. The van der Waals surface area contributed by atoms with Crippen molar-refractivity contribution in [2.75, 3.05) is 0 Å². The van der Waals surface area contributed by atoms with Crippen LogP contribution in [0.2, 0.25) is 19.6 Å². The van der Waals surface area contributed by atoms with Crippen molar-refractivity contribution in [3.63, 3.8) is 0 Å². The summed E-state index contributed by atoms with van der Waals surface area (Å²) >= 11 is 0. The molecule has 4 heterocycles. The van der Waals surface area contributed by atoms with Gasteiger partial charge in [0.15, 0.2) is 5.65 Å². The summed E-state index contributed by atoms with van der Waals surface area (Å²) in [6.07, 6.45) is 3.24. The van der Waals surface area contributed by atoms with Gasteiger partial charge in [0.25, 0.3) is 0 Å². The molecule has 10 rings (SSSR count). The Labute approximate surface area is 397 Å². The van der Waals surface area contributed by atoms with Crippen LogP contribution in [0.25, 0.3) is 83.5 Å². The van der Waals surface area contributed by atoms with E-state index in [9.17, 15) is 0 Å². The first-order valence-corrected chi connectivity index (χ1v) is 26.0. The number of hydrogen-bond acceptors (Lipinski definition) is 5. The second-order valence-corrected chi connectivity index (χ2v) is 23.9. The number of hydrogen-bond donors (Lipinski definition) is 0. The van der Waals surface area contributed by atoms with Crippen molar-refractivity contribution in [1.82, 2.24) is 24.7 Å². The minimum absolute atomic E-state index is 0. The molecule has 0 spiro atoms. The molecule has 0 atom stereocenters. The fourth-order valence-electron chi connectivity index (χ4n) is 8.92. The Morgan fingerprint density at radius 2 is 1.34 bits per heavy atom. The number of para-hydroxylation sites is 1. The molecule has 6 aromatic carbocycles. The molecule has 0 unspecified atom stereocenters. The van der Waals surface area contributed by atoms with Gasteiger partial charge in [-0.15, -0.1) is 64.3 Å². The van der Waals surface area contributed by atoms with Gasteiger partial charge in [-0.25, -0.2) is 0 Å². The van der Waals surface area contributed by atoms with Crippen LogP contribution in [-0.4, -0.2) is 32.8 Å². The number of benzene rings is 6. The summed E-state index contributed by atoms with van der Waals surface area (Å²) in [6.45, 7) is 20.8. The van der Waals surface area contributed by atoms with Crippen LogP contribution < -0.4 is 5.19 Å². The molecule has 0 fully saturated rings. The second kappa shape index (κ2) is 18.8. The van der Waals surface area contributed by atoms with Crippen LogP contribution in [0.1, 0.15) is 70.1 Å². The van der Waals surface area contributed by atoms with Crippen LogP contribution in [0, 0.1) is 18.1 Å². The number of imidazole rings is 1. The molecular weight excluding hydrogens is 991 g/mol. The molecule has 0 aliphatic heterocycles. The Bertz CT molecular complexity index is 3250. The van der Waals surface area contributed by atoms with E-state index in [0.717, 1.165) is 73.1 Å². The van der Waals surface area contributed by atoms with Crippen molar-refractivity contribution in [3.8, 4) is 39.5 Å². The number of furan rings is 1. The molecule has 0 bridgehead atoms. The molecule has 0 amide bonds. The first-order valence-electron chi connectivity index (χ1n) is 22.5. The summed E-state index contributed by atoms with van der Waals surface area (Å²) in [5.41, 5.74) is 14.4. The molecule has 0 saturated heterocycles. The van der Waals surface area contributed by atoms with Gasteiger partial charge >= 0.3 is 0 Å². The van der Waals surface area contributed by atoms with Crippen molar-refractivity contribution in [3.05, 3.63) is 168 Å². The van der Waals surface area contributed by atoms with Crippen molar-refractivity contribution >= 4 is 57.3 Å². The van der Waals surface area contributed by atoms with Gasteiger partial charge in [0, 0.05) is 42.8 Å². The van der Waals surface area contributed by atoms with E-state index in [1.165, 1.54) is 33.0 Å². The summed E-state index contributed by atoms with van der Waals surface area (Å²) in [4.78, 5) is 9.90. The van der Waals surface area contributed by atoms with Gasteiger partial charge in [0.2, 0.25) is 0 Å². The van der Waals surface area contributed by atoms with E-state index in [1.54, 1.807) is 0 Å². The zero-order chi connectivity index (χ0) is 44.7. The summed E-state index contributed by atoms with van der Waals surface area (Å²) in [6, 6.07) is 52.8. The van der Waals surface area contributed by atoms with E-state index in [-0.39, 0.29) is 31.9 Å². The quantitative estimate of drug-likeness (QED) is 0.106. The minimum Gasteiger partial charge on any atom is -0.501 e. The largest absolute Gasteiger partial charge is 0.501 e. The summed E-state index contributed by atoms with van der Waals surface area (Å²) in [5.74, 6) is 1.89.